The third kappa shape index (κ3) is 3.86. The summed E-state index contributed by atoms with van der Waals surface area (Å²) in [5.41, 5.74) is 0. The quantitative estimate of drug-likeness (QED) is 0.654. The van der Waals surface area contributed by atoms with E-state index in [1.165, 1.54) is 6.07 Å². The molecule has 0 heterocycles. The Bertz CT molecular complexity index is 419. The van der Waals surface area contributed by atoms with Crippen LogP contribution in [0.3, 0.4) is 0 Å². The topological polar surface area (TPSA) is 63.6 Å². The highest BCUT2D eigenvalue weighted by atomic mass is 35.5. The molecule has 1 aromatic rings. The first-order valence-electron chi connectivity index (χ1n) is 4.36. The fourth-order valence-electron chi connectivity index (χ4n) is 0.941. The van der Waals surface area contributed by atoms with E-state index in [9.17, 15) is 14.0 Å². The number of aliphatic carboxylic acids is 1. The summed E-state index contributed by atoms with van der Waals surface area (Å²) < 4.78 is 17.4. The van der Waals surface area contributed by atoms with Gasteiger partial charge in [-0.25, -0.2) is 4.39 Å². The van der Waals surface area contributed by atoms with E-state index in [0.29, 0.717) is 0 Å². The van der Waals surface area contributed by atoms with Gasteiger partial charge in [0.15, 0.2) is 0 Å². The maximum Gasteiger partial charge on any atom is 0.311 e. The van der Waals surface area contributed by atoms with Crippen molar-refractivity contribution >= 4 is 23.5 Å². The number of hydrogen-bond donors (Lipinski definition) is 1. The molecule has 0 atom stereocenters. The summed E-state index contributed by atoms with van der Waals surface area (Å²) in [7, 11) is 0. The van der Waals surface area contributed by atoms with Gasteiger partial charge >= 0.3 is 11.9 Å². The fraction of sp³-hybridized carbons (Fsp3) is 0.200. The van der Waals surface area contributed by atoms with Crippen molar-refractivity contribution in [2.45, 2.75) is 12.8 Å². The smallest absolute Gasteiger partial charge is 0.311 e. The zero-order chi connectivity index (χ0) is 12.1. The highest BCUT2D eigenvalue weighted by Gasteiger charge is 2.10. The van der Waals surface area contributed by atoms with E-state index in [4.69, 9.17) is 21.4 Å². The number of ether oxygens (including phenoxy) is 1. The van der Waals surface area contributed by atoms with E-state index in [-0.39, 0.29) is 23.6 Å². The van der Waals surface area contributed by atoms with Gasteiger partial charge in [0.05, 0.1) is 17.9 Å². The Morgan fingerprint density at radius 2 is 2.06 bits per heavy atom. The van der Waals surface area contributed by atoms with Crippen LogP contribution in [-0.4, -0.2) is 17.0 Å². The molecule has 0 unspecified atom stereocenters. The molecule has 0 aliphatic rings. The SMILES string of the molecule is O=C(O)CCC(=O)Oc1ccc(F)cc1Cl. The molecule has 16 heavy (non-hydrogen) atoms. The average Bonchev–Trinajstić information content (AvgIpc) is 2.19. The lowest BCUT2D eigenvalue weighted by Crippen LogP contribution is -2.10. The van der Waals surface area contributed by atoms with Crippen molar-refractivity contribution in [1.29, 1.82) is 0 Å². The monoisotopic (exact) mass is 246 g/mol. The number of halogens is 2. The predicted octanol–water partition coefficient (Wildman–Crippen LogP) is 2.25. The standard InChI is InChI=1S/C10H8ClFO4/c11-7-5-6(12)1-2-8(7)16-10(15)4-3-9(13)14/h1-2,5H,3-4H2,(H,13,14). The van der Waals surface area contributed by atoms with Gasteiger partial charge in [0.2, 0.25) is 0 Å². The molecule has 0 spiro atoms. The van der Waals surface area contributed by atoms with Crippen LogP contribution in [0.4, 0.5) is 4.39 Å². The highest BCUT2D eigenvalue weighted by molar-refractivity contribution is 6.32. The molecular formula is C10H8ClFO4. The number of carboxylic acids is 1. The number of carboxylic acid groups (broad SMARTS) is 1. The van der Waals surface area contributed by atoms with Gasteiger partial charge in [-0.05, 0) is 18.2 Å². The number of esters is 1. The van der Waals surface area contributed by atoms with Crippen LogP contribution in [0.25, 0.3) is 0 Å². The lowest BCUT2D eigenvalue weighted by molar-refractivity contribution is -0.142. The normalized spacial score (nSPS) is 9.88. The van der Waals surface area contributed by atoms with Gasteiger partial charge in [-0.3, -0.25) is 9.59 Å². The molecule has 1 rings (SSSR count). The average molecular weight is 247 g/mol. The van der Waals surface area contributed by atoms with Crippen LogP contribution >= 0.6 is 11.6 Å². The van der Waals surface area contributed by atoms with Crippen LogP contribution < -0.4 is 4.74 Å². The minimum atomic E-state index is -1.10. The van der Waals surface area contributed by atoms with Crippen molar-refractivity contribution in [2.24, 2.45) is 0 Å². The maximum atomic E-state index is 12.6. The van der Waals surface area contributed by atoms with Gasteiger partial charge in [0.1, 0.15) is 11.6 Å². The molecular weight excluding hydrogens is 239 g/mol. The zero-order valence-electron chi connectivity index (χ0n) is 8.07. The minimum Gasteiger partial charge on any atom is -0.481 e. The second-order valence-electron chi connectivity index (χ2n) is 2.94. The van der Waals surface area contributed by atoms with Crippen molar-refractivity contribution in [3.8, 4) is 5.75 Å². The molecule has 0 radical (unpaired) electrons. The van der Waals surface area contributed by atoms with E-state index in [2.05, 4.69) is 0 Å². The Hall–Kier alpha value is -1.62. The van der Waals surface area contributed by atoms with Crippen LogP contribution in [0.5, 0.6) is 5.75 Å². The van der Waals surface area contributed by atoms with Crippen molar-refractivity contribution in [1.82, 2.24) is 0 Å². The molecule has 0 saturated heterocycles. The number of rotatable bonds is 4. The first-order valence-corrected chi connectivity index (χ1v) is 4.74. The molecule has 4 nitrogen and oxygen atoms in total. The van der Waals surface area contributed by atoms with E-state index in [1.54, 1.807) is 0 Å². The van der Waals surface area contributed by atoms with E-state index >= 15 is 0 Å². The van der Waals surface area contributed by atoms with Crippen molar-refractivity contribution in [2.75, 3.05) is 0 Å². The number of benzene rings is 1. The maximum absolute atomic E-state index is 12.6. The molecule has 86 valence electrons. The Balaban J connectivity index is 2.59. The fourth-order valence-corrected chi connectivity index (χ4v) is 1.15. The summed E-state index contributed by atoms with van der Waals surface area (Å²) in [5, 5.41) is 8.30. The van der Waals surface area contributed by atoms with Crippen molar-refractivity contribution < 1.29 is 23.8 Å². The number of carbonyl (C=O) groups is 2. The van der Waals surface area contributed by atoms with E-state index in [1.807, 2.05) is 0 Å². The van der Waals surface area contributed by atoms with Crippen LogP contribution in [0, 0.1) is 5.82 Å². The van der Waals surface area contributed by atoms with Crippen molar-refractivity contribution in [3.63, 3.8) is 0 Å². The summed E-state index contributed by atoms with van der Waals surface area (Å²) >= 11 is 5.60. The molecule has 0 amide bonds. The van der Waals surface area contributed by atoms with Crippen molar-refractivity contribution in [3.05, 3.63) is 29.0 Å². The summed E-state index contributed by atoms with van der Waals surface area (Å²) in [4.78, 5) is 21.3. The van der Waals surface area contributed by atoms with Gasteiger partial charge in [0.25, 0.3) is 0 Å². The number of hydrogen-bond acceptors (Lipinski definition) is 3. The summed E-state index contributed by atoms with van der Waals surface area (Å²) in [6, 6.07) is 3.30. The molecule has 6 heteroatoms. The van der Waals surface area contributed by atoms with E-state index in [0.717, 1.165) is 12.1 Å². The van der Waals surface area contributed by atoms with Crippen LogP contribution in [0.1, 0.15) is 12.8 Å². The molecule has 0 aliphatic heterocycles. The molecule has 0 saturated carbocycles. The predicted molar refractivity (Wildman–Crippen MR) is 53.9 cm³/mol. The molecule has 0 fully saturated rings. The molecule has 0 bridgehead atoms. The summed E-state index contributed by atoms with van der Waals surface area (Å²) in [6.07, 6.45) is -0.583. The lowest BCUT2D eigenvalue weighted by Gasteiger charge is -2.04. The van der Waals surface area contributed by atoms with Crippen LogP contribution in [0.15, 0.2) is 18.2 Å². The van der Waals surface area contributed by atoms with Gasteiger partial charge in [-0.15, -0.1) is 0 Å². The van der Waals surface area contributed by atoms with Gasteiger partial charge < -0.3 is 9.84 Å². The summed E-state index contributed by atoms with van der Waals surface area (Å²) in [5.74, 6) is -2.35. The van der Waals surface area contributed by atoms with Gasteiger partial charge in [-0.2, -0.15) is 0 Å². The third-order valence-electron chi connectivity index (χ3n) is 1.66. The Kier molecular flexibility index (Phi) is 4.25. The first-order chi connectivity index (χ1) is 7.49. The number of carbonyl (C=O) groups excluding carboxylic acids is 1. The van der Waals surface area contributed by atoms with E-state index < -0.39 is 17.8 Å². The highest BCUT2D eigenvalue weighted by Crippen LogP contribution is 2.25. The lowest BCUT2D eigenvalue weighted by atomic mass is 10.3. The molecule has 0 aromatic heterocycles. The summed E-state index contributed by atoms with van der Waals surface area (Å²) in [6.45, 7) is 0. The molecule has 1 N–H and O–H groups in total. The van der Waals surface area contributed by atoms with Gasteiger partial charge in [0, 0.05) is 0 Å². The Labute approximate surface area is 95.6 Å². The van der Waals surface area contributed by atoms with Crippen LogP contribution in [0.2, 0.25) is 5.02 Å². The Morgan fingerprint density at radius 1 is 1.38 bits per heavy atom. The van der Waals surface area contributed by atoms with Crippen LogP contribution in [-0.2, 0) is 9.59 Å². The minimum absolute atomic E-state index is 0.0125. The largest absolute Gasteiger partial charge is 0.481 e. The zero-order valence-corrected chi connectivity index (χ0v) is 8.83. The Morgan fingerprint density at radius 3 is 2.62 bits per heavy atom. The van der Waals surface area contributed by atoms with Gasteiger partial charge in [-0.1, -0.05) is 11.6 Å². The molecule has 1 aromatic carbocycles. The second-order valence-corrected chi connectivity index (χ2v) is 3.35. The molecule has 0 aliphatic carbocycles. The first kappa shape index (κ1) is 12.4. The third-order valence-corrected chi connectivity index (χ3v) is 1.96. The second kappa shape index (κ2) is 5.46.